The Morgan fingerprint density at radius 3 is 2.84 bits per heavy atom. The van der Waals surface area contributed by atoms with E-state index in [-0.39, 0.29) is 11.8 Å². The van der Waals surface area contributed by atoms with E-state index in [0.29, 0.717) is 13.0 Å². The summed E-state index contributed by atoms with van der Waals surface area (Å²) in [5.41, 5.74) is 2.06. The first-order valence-corrected chi connectivity index (χ1v) is 8.51. The molecule has 1 aromatic carbocycles. The summed E-state index contributed by atoms with van der Waals surface area (Å²) >= 11 is 0. The van der Waals surface area contributed by atoms with Gasteiger partial charge in [0.05, 0.1) is 13.4 Å². The first-order chi connectivity index (χ1) is 12.1. The van der Waals surface area contributed by atoms with Gasteiger partial charge in [0.2, 0.25) is 5.91 Å². The highest BCUT2D eigenvalue weighted by molar-refractivity contribution is 5.85. The normalized spacial score (nSPS) is 17.4. The molecule has 3 rings (SSSR count). The van der Waals surface area contributed by atoms with Gasteiger partial charge < -0.3 is 14.2 Å². The van der Waals surface area contributed by atoms with Crippen molar-refractivity contribution in [3.05, 3.63) is 54.1 Å². The SMILES string of the molecule is COC(=O)[C@H](C)N(Cc1ccccc1)C(=O)[C@@H]1CCn2cncc2C1. The minimum Gasteiger partial charge on any atom is -0.467 e. The first kappa shape index (κ1) is 17.2. The summed E-state index contributed by atoms with van der Waals surface area (Å²) in [5, 5.41) is 0. The number of carbonyl (C=O) groups is 2. The molecule has 0 saturated carbocycles. The van der Waals surface area contributed by atoms with Crippen molar-refractivity contribution in [3.63, 3.8) is 0 Å². The molecule has 6 heteroatoms. The van der Waals surface area contributed by atoms with E-state index in [2.05, 4.69) is 9.55 Å². The molecule has 0 aliphatic carbocycles. The zero-order valence-corrected chi connectivity index (χ0v) is 14.6. The lowest BCUT2D eigenvalue weighted by Crippen LogP contribution is -2.47. The van der Waals surface area contributed by atoms with Gasteiger partial charge in [0.1, 0.15) is 6.04 Å². The molecule has 2 aromatic rings. The molecule has 0 radical (unpaired) electrons. The third kappa shape index (κ3) is 3.73. The van der Waals surface area contributed by atoms with Crippen LogP contribution in [0.4, 0.5) is 0 Å². The van der Waals surface area contributed by atoms with Crippen molar-refractivity contribution in [1.29, 1.82) is 0 Å². The Balaban J connectivity index is 1.80. The van der Waals surface area contributed by atoms with E-state index in [1.807, 2.05) is 36.5 Å². The summed E-state index contributed by atoms with van der Waals surface area (Å²) < 4.78 is 6.94. The van der Waals surface area contributed by atoms with Crippen molar-refractivity contribution < 1.29 is 14.3 Å². The Labute approximate surface area is 147 Å². The number of hydrogen-bond donors (Lipinski definition) is 0. The minimum atomic E-state index is -0.621. The highest BCUT2D eigenvalue weighted by Gasteiger charge is 2.33. The molecule has 1 aliphatic rings. The number of aryl methyl sites for hydroxylation is 1. The molecule has 2 heterocycles. The number of esters is 1. The molecule has 0 bridgehead atoms. The Bertz CT molecular complexity index is 741. The summed E-state index contributed by atoms with van der Waals surface area (Å²) in [6.45, 7) is 2.89. The molecule has 0 saturated heterocycles. The van der Waals surface area contributed by atoms with Crippen LogP contribution in [0.5, 0.6) is 0 Å². The monoisotopic (exact) mass is 341 g/mol. The molecule has 1 aromatic heterocycles. The summed E-state index contributed by atoms with van der Waals surface area (Å²) in [4.78, 5) is 31.0. The molecule has 2 atom stereocenters. The number of benzene rings is 1. The average molecular weight is 341 g/mol. The number of nitrogens with zero attached hydrogens (tertiary/aromatic N) is 3. The highest BCUT2D eigenvalue weighted by Crippen LogP contribution is 2.24. The maximum Gasteiger partial charge on any atom is 0.328 e. The van der Waals surface area contributed by atoms with Crippen LogP contribution in [0.15, 0.2) is 42.9 Å². The summed E-state index contributed by atoms with van der Waals surface area (Å²) in [7, 11) is 1.35. The molecule has 25 heavy (non-hydrogen) atoms. The second kappa shape index (κ2) is 7.51. The number of hydrogen-bond acceptors (Lipinski definition) is 4. The van der Waals surface area contributed by atoms with Crippen molar-refractivity contribution in [2.24, 2.45) is 5.92 Å². The van der Waals surface area contributed by atoms with Gasteiger partial charge in [0.15, 0.2) is 0 Å². The summed E-state index contributed by atoms with van der Waals surface area (Å²) in [5.74, 6) is -0.542. The third-order valence-corrected chi connectivity index (χ3v) is 4.81. The van der Waals surface area contributed by atoms with Gasteiger partial charge in [-0.3, -0.25) is 4.79 Å². The van der Waals surface area contributed by atoms with E-state index in [9.17, 15) is 9.59 Å². The van der Waals surface area contributed by atoms with Crippen LogP contribution in [0.2, 0.25) is 0 Å². The van der Waals surface area contributed by atoms with Gasteiger partial charge in [-0.2, -0.15) is 0 Å². The molecule has 0 spiro atoms. The molecule has 132 valence electrons. The zero-order chi connectivity index (χ0) is 17.8. The number of imidazole rings is 1. The van der Waals surface area contributed by atoms with Crippen molar-refractivity contribution in [2.75, 3.05) is 7.11 Å². The van der Waals surface area contributed by atoms with E-state index in [4.69, 9.17) is 4.74 Å². The van der Waals surface area contributed by atoms with Gasteiger partial charge in [-0.1, -0.05) is 30.3 Å². The number of rotatable bonds is 5. The van der Waals surface area contributed by atoms with Crippen molar-refractivity contribution in [1.82, 2.24) is 14.5 Å². The fraction of sp³-hybridized carbons (Fsp3) is 0.421. The van der Waals surface area contributed by atoms with Crippen molar-refractivity contribution in [3.8, 4) is 0 Å². The van der Waals surface area contributed by atoms with Crippen LogP contribution in [0.25, 0.3) is 0 Å². The predicted octanol–water partition coefficient (Wildman–Crippen LogP) is 2.04. The first-order valence-electron chi connectivity index (χ1n) is 8.51. The van der Waals surface area contributed by atoms with Crippen LogP contribution in [0.3, 0.4) is 0 Å². The quantitative estimate of drug-likeness (QED) is 0.781. The van der Waals surface area contributed by atoms with E-state index >= 15 is 0 Å². The number of carbonyl (C=O) groups excluding carboxylic acids is 2. The van der Waals surface area contributed by atoms with Crippen LogP contribution >= 0.6 is 0 Å². The zero-order valence-electron chi connectivity index (χ0n) is 14.6. The van der Waals surface area contributed by atoms with E-state index in [0.717, 1.165) is 24.2 Å². The van der Waals surface area contributed by atoms with Crippen molar-refractivity contribution in [2.45, 2.75) is 38.9 Å². The summed E-state index contributed by atoms with van der Waals surface area (Å²) in [6, 6.07) is 9.09. The van der Waals surface area contributed by atoms with Crippen LogP contribution in [0, 0.1) is 5.92 Å². The lowest BCUT2D eigenvalue weighted by molar-refractivity contribution is -0.154. The van der Waals surface area contributed by atoms with Gasteiger partial charge in [0, 0.05) is 37.3 Å². The molecular formula is C19H23N3O3. The highest BCUT2D eigenvalue weighted by atomic mass is 16.5. The molecule has 1 aliphatic heterocycles. The second-order valence-electron chi connectivity index (χ2n) is 6.42. The Kier molecular flexibility index (Phi) is 5.16. The molecule has 0 N–H and O–H groups in total. The maximum atomic E-state index is 13.2. The van der Waals surface area contributed by atoms with Crippen LogP contribution < -0.4 is 0 Å². The predicted molar refractivity (Wildman–Crippen MR) is 92.5 cm³/mol. The molecule has 1 amide bonds. The third-order valence-electron chi connectivity index (χ3n) is 4.81. The smallest absolute Gasteiger partial charge is 0.328 e. The number of methoxy groups -OCH3 is 1. The number of aromatic nitrogens is 2. The second-order valence-corrected chi connectivity index (χ2v) is 6.42. The Morgan fingerprint density at radius 1 is 1.36 bits per heavy atom. The van der Waals surface area contributed by atoms with E-state index in [1.165, 1.54) is 7.11 Å². The van der Waals surface area contributed by atoms with Crippen LogP contribution in [0.1, 0.15) is 24.6 Å². The van der Waals surface area contributed by atoms with E-state index in [1.54, 1.807) is 18.2 Å². The fourth-order valence-electron chi connectivity index (χ4n) is 3.30. The molecule has 6 nitrogen and oxygen atoms in total. The fourth-order valence-corrected chi connectivity index (χ4v) is 3.30. The minimum absolute atomic E-state index is 0.00537. The van der Waals surface area contributed by atoms with Gasteiger partial charge in [-0.05, 0) is 18.9 Å². The maximum absolute atomic E-state index is 13.2. The largest absolute Gasteiger partial charge is 0.467 e. The molecule has 0 fully saturated rings. The van der Waals surface area contributed by atoms with Gasteiger partial charge >= 0.3 is 5.97 Å². The Hall–Kier alpha value is -2.63. The topological polar surface area (TPSA) is 64.4 Å². The number of ether oxygens (including phenoxy) is 1. The lowest BCUT2D eigenvalue weighted by atomic mass is 9.94. The lowest BCUT2D eigenvalue weighted by Gasteiger charge is -2.33. The van der Waals surface area contributed by atoms with Gasteiger partial charge in [0.25, 0.3) is 0 Å². The van der Waals surface area contributed by atoms with Crippen LogP contribution in [-0.2, 0) is 33.8 Å². The average Bonchev–Trinajstić information content (AvgIpc) is 3.13. The van der Waals surface area contributed by atoms with Crippen molar-refractivity contribution >= 4 is 11.9 Å². The number of amides is 1. The molecular weight excluding hydrogens is 318 g/mol. The standard InChI is InChI=1S/C19H23N3O3/c1-14(19(24)25-2)22(12-15-6-4-3-5-7-15)18(23)16-8-9-21-13-20-11-17(21)10-16/h3-7,11,13-14,16H,8-10,12H2,1-2H3/t14-,16+/m0/s1. The number of fused-ring (bicyclic) bond motifs is 1. The Morgan fingerprint density at radius 2 is 2.12 bits per heavy atom. The summed E-state index contributed by atoms with van der Waals surface area (Å²) in [6.07, 6.45) is 5.01. The van der Waals surface area contributed by atoms with Gasteiger partial charge in [-0.25, -0.2) is 9.78 Å². The van der Waals surface area contributed by atoms with Gasteiger partial charge in [-0.15, -0.1) is 0 Å². The molecule has 0 unspecified atom stereocenters. The van der Waals surface area contributed by atoms with E-state index < -0.39 is 12.0 Å². The van der Waals surface area contributed by atoms with Crippen LogP contribution in [-0.4, -0.2) is 39.5 Å².